The molecule has 0 aliphatic rings. The summed E-state index contributed by atoms with van der Waals surface area (Å²) in [6.45, 7) is 35.8. The standard InChI is InChI=1S/C20H14N2.C19H15N.C19H16.C18H15N2.2C18H16N.3C5H8O2.4Ir.Pt/c1-3-9-17(10-4-1)15-21-19-13-7-8-14-20(19)22-16-18-11-5-2-6-12-18;1-14-13-15(2)19(17-11-7-4-8-12-17)20-18(14)16-9-5-3-6-10-16;1-13-4-5-16-6-7-17(12-19(16)9-13)18-10-14(2)8-15(3)11-18;1-13-11-14(2)16(18-8-4-6-10-20-18)12-15(13)17-7-3-5-9-19-17;1-12-4-6-17-15(9-12)5-7-18(19-17)16-10-13(2)8-14(3)11-16;1-12-4-5-17-15(9-12)6-7-19-18(17)16-10-13(2)8-14(3)11-16;3*1-4(6)3-5(2)7;;;;;/h1-9,11,13-16H;3-9,11,13H,1-2H3;4-10H,1-3H3;3-11H,1-2H3;2*4-10H,1-3H3;3*3,6H,1-2H3;;;;;/q3*-2;3*-1;;;;;;;+3;+2. The summed E-state index contributed by atoms with van der Waals surface area (Å²) in [5.41, 5.74) is 34.7. The van der Waals surface area contributed by atoms with Crippen LogP contribution in [0, 0.1) is 145 Å². The number of carbonyl (C=O) groups is 3. The summed E-state index contributed by atoms with van der Waals surface area (Å²) in [6.07, 6.45) is 12.6. The summed E-state index contributed by atoms with van der Waals surface area (Å²) >= 11 is 0. The molecule has 0 saturated heterocycles. The Hall–Kier alpha value is -13.4. The first-order chi connectivity index (χ1) is 67.2. The van der Waals surface area contributed by atoms with Gasteiger partial charge in [-0.25, -0.2) is 5.56 Å². The minimum absolute atomic E-state index is 0. The van der Waals surface area contributed by atoms with Crippen molar-refractivity contribution in [3.05, 3.63) is 483 Å². The molecule has 145 heavy (non-hydrogen) atoms. The van der Waals surface area contributed by atoms with Gasteiger partial charge in [0.1, 0.15) is 0 Å². The summed E-state index contributed by atoms with van der Waals surface area (Å²) in [6, 6.07) is 128. The molecule has 13 aromatic carbocycles. The van der Waals surface area contributed by atoms with E-state index in [1.807, 2.05) is 176 Å². The zero-order valence-corrected chi connectivity index (χ0v) is 96.5. The topological polar surface area (TPSA) is 201 Å². The largest absolute Gasteiger partial charge is 3.00 e. The van der Waals surface area contributed by atoms with Gasteiger partial charge in [0, 0.05) is 109 Å². The Morgan fingerprint density at radius 2 is 0.710 bits per heavy atom. The summed E-state index contributed by atoms with van der Waals surface area (Å²) in [4.78, 5) is 62.1. The van der Waals surface area contributed by atoms with Gasteiger partial charge in [-0.3, -0.25) is 29.3 Å². The molecule has 5 heterocycles. The molecule has 745 valence electrons. The summed E-state index contributed by atoms with van der Waals surface area (Å²) in [7, 11) is 0. The van der Waals surface area contributed by atoms with E-state index in [1.54, 1.807) is 12.4 Å². The van der Waals surface area contributed by atoms with Crippen molar-refractivity contribution in [2.45, 2.75) is 132 Å². The van der Waals surface area contributed by atoms with Crippen molar-refractivity contribution >= 4 is 73.6 Å². The number of carbonyl (C=O) groups excluding carboxylic acids is 3. The number of aromatic nitrogens is 5. The van der Waals surface area contributed by atoms with Gasteiger partial charge in [-0.05, 0) is 170 Å². The quantitative estimate of drug-likeness (QED) is 0.0405. The number of aliphatic hydroxyl groups is 3. The Morgan fingerprint density at radius 3 is 1.15 bits per heavy atom. The normalized spacial score (nSPS) is 10.5. The fourth-order valence-electron chi connectivity index (χ4n) is 15.0. The summed E-state index contributed by atoms with van der Waals surface area (Å²) < 4.78 is 0. The number of benzene rings is 13. The molecule has 0 amide bonds. The predicted molar refractivity (Wildman–Crippen MR) is 578 cm³/mol. The molecule has 0 fully saturated rings. The van der Waals surface area contributed by atoms with Crippen LogP contribution in [0.1, 0.15) is 125 Å². The van der Waals surface area contributed by atoms with Crippen LogP contribution < -0.4 is 0 Å². The van der Waals surface area contributed by atoms with E-state index < -0.39 is 0 Å². The van der Waals surface area contributed by atoms with Crippen molar-refractivity contribution in [3.63, 3.8) is 0 Å². The molecule has 0 unspecified atom stereocenters. The third-order valence-corrected chi connectivity index (χ3v) is 20.9. The second-order valence-electron chi connectivity index (χ2n) is 34.0. The molecule has 18 rings (SSSR count). The molecule has 0 spiro atoms. The van der Waals surface area contributed by atoms with Gasteiger partial charge in [-0.2, -0.15) is 29.8 Å². The number of allylic oxidation sites excluding steroid dienone is 6. The average Bonchev–Trinajstić information content (AvgIpc) is 0.970. The van der Waals surface area contributed by atoms with E-state index in [2.05, 4.69) is 303 Å². The molecule has 5 aromatic heterocycles. The van der Waals surface area contributed by atoms with Gasteiger partial charge in [0.15, 0.2) is 17.3 Å². The zero-order valence-electron chi connectivity index (χ0n) is 84.7. The zero-order chi connectivity index (χ0) is 101. The molecule has 18 aromatic rings. The van der Waals surface area contributed by atoms with Crippen molar-refractivity contribution in [3.8, 4) is 78.7 Å². The SMILES string of the molecule is CC(=O)C=C(C)O.CC(=O)C=C(C)O.CC(=O)C=C(C)O.Cc1[c-]c(-c2[c-]c3cc(C)ccc3cc2)cc(C)c1.Cc1[c-]c(-c2ccc3cc(C)ccc3n2)cc(C)c1.Cc1[c-]c(-c2nccc3cc(C)ccc23)cc(C)c1.Cc1cc(C)c(-c2[c-]cccc2)nc1-c1[c-]cccc1.Cc1cc(C)c(-c2ccccn2)[c-]c1-c1ccccn1.[Ir+3].[Ir].[Ir].[Ir].[Pt+2].[c-]1ccccc1C=Nc1ccccc1N=Cc1[c-]cccc1. The van der Waals surface area contributed by atoms with Crippen LogP contribution >= 0.6 is 0 Å². The van der Waals surface area contributed by atoms with Crippen molar-refractivity contribution in [1.29, 1.82) is 0 Å². The van der Waals surface area contributed by atoms with Crippen LogP contribution in [-0.2, 0) is 116 Å². The van der Waals surface area contributed by atoms with Crippen LogP contribution in [0.25, 0.3) is 111 Å². The Kier molecular flexibility index (Phi) is 52.5. The first-order valence-electron chi connectivity index (χ1n) is 45.9. The van der Waals surface area contributed by atoms with E-state index in [9.17, 15) is 14.4 Å². The van der Waals surface area contributed by atoms with Gasteiger partial charge in [0.05, 0.1) is 34.2 Å². The first kappa shape index (κ1) is 122. The van der Waals surface area contributed by atoms with E-state index in [-0.39, 0.29) is 136 Å². The molecule has 18 heteroatoms. The smallest absolute Gasteiger partial charge is 0.512 e. The van der Waals surface area contributed by atoms with E-state index in [1.165, 1.54) is 148 Å². The van der Waals surface area contributed by atoms with Crippen molar-refractivity contribution in [2.24, 2.45) is 9.98 Å². The van der Waals surface area contributed by atoms with Crippen LogP contribution in [0.5, 0.6) is 0 Å². The molecule has 0 aliphatic heterocycles. The van der Waals surface area contributed by atoms with Gasteiger partial charge in [0.25, 0.3) is 0 Å². The Labute approximate surface area is 924 Å². The average molecular weight is 2800 g/mol. The minimum atomic E-state index is -0.125. The minimum Gasteiger partial charge on any atom is -0.512 e. The molecular weight excluding hydrogens is 2680 g/mol. The monoisotopic (exact) mass is 2800 g/mol. The number of rotatable bonds is 14. The number of hydrogen-bond donors (Lipinski definition) is 3. The van der Waals surface area contributed by atoms with E-state index >= 15 is 0 Å². The maximum atomic E-state index is 10.0. The van der Waals surface area contributed by atoms with Gasteiger partial charge in [0.2, 0.25) is 0 Å². The van der Waals surface area contributed by atoms with E-state index in [4.69, 9.17) is 25.3 Å². The van der Waals surface area contributed by atoms with Crippen LogP contribution in [0.15, 0.2) is 355 Å². The Morgan fingerprint density at radius 1 is 0.303 bits per heavy atom. The third kappa shape index (κ3) is 40.6. The fraction of sp³-hybridized carbons (Fsp3) is 0.150. The van der Waals surface area contributed by atoms with Crippen LogP contribution in [0.2, 0.25) is 0 Å². The van der Waals surface area contributed by atoms with Crippen molar-refractivity contribution in [1.82, 2.24) is 24.9 Å². The second kappa shape index (κ2) is 62.4. The second-order valence-corrected chi connectivity index (χ2v) is 34.0. The van der Waals surface area contributed by atoms with Gasteiger partial charge >= 0.3 is 41.2 Å². The van der Waals surface area contributed by atoms with Crippen LogP contribution in [0.4, 0.5) is 11.4 Å². The van der Waals surface area contributed by atoms with E-state index in [0.29, 0.717) is 0 Å². The number of pyridine rings is 5. The summed E-state index contributed by atoms with van der Waals surface area (Å²) in [5.74, 6) is -0.187. The Bertz CT molecular complexity index is 6960. The fourth-order valence-corrected chi connectivity index (χ4v) is 15.0. The number of aryl methyl sites for hydroxylation is 13. The van der Waals surface area contributed by atoms with Crippen molar-refractivity contribution in [2.75, 3.05) is 0 Å². The van der Waals surface area contributed by atoms with Crippen molar-refractivity contribution < 1.29 is 131 Å². The Balaban J connectivity index is 0.000000292. The molecule has 0 saturated carbocycles. The number of nitrogens with zero attached hydrogens (tertiary/aromatic N) is 7. The maximum absolute atomic E-state index is 10.0. The maximum Gasteiger partial charge on any atom is 3.00 e. The number of ketones is 3. The molecule has 13 nitrogen and oxygen atoms in total. The first-order valence-corrected chi connectivity index (χ1v) is 45.9. The number of aliphatic imine (C=N–C) groups is 2. The molecule has 3 N–H and O–H groups in total. The molecule has 0 aliphatic carbocycles. The van der Waals surface area contributed by atoms with Gasteiger partial charge in [-0.1, -0.05) is 191 Å². The molecule has 0 atom stereocenters. The molecule has 3 radical (unpaired) electrons. The predicted octanol–water partition coefficient (Wildman–Crippen LogP) is 31.0. The summed E-state index contributed by atoms with van der Waals surface area (Å²) in [5, 5.41) is 31.1. The third-order valence-electron chi connectivity index (χ3n) is 20.9. The van der Waals surface area contributed by atoms with Crippen LogP contribution in [0.3, 0.4) is 0 Å². The number of para-hydroxylation sites is 2. The molecular formula is C127H116Ir4N7O6Pt-4. The number of aliphatic hydroxyl groups excluding tert-OH is 3. The number of hydrogen-bond acceptors (Lipinski definition) is 13. The molecule has 0 bridgehead atoms. The number of fused-ring (bicyclic) bond motifs is 3. The van der Waals surface area contributed by atoms with Crippen LogP contribution in [-0.4, -0.2) is 70.0 Å². The van der Waals surface area contributed by atoms with Gasteiger partial charge < -0.3 is 35.3 Å². The van der Waals surface area contributed by atoms with Gasteiger partial charge in [-0.15, -0.1) is 271 Å². The van der Waals surface area contributed by atoms with E-state index in [0.717, 1.165) is 118 Å².